The van der Waals surface area contributed by atoms with Crippen molar-refractivity contribution in [1.29, 1.82) is 0 Å². The third-order valence-electron chi connectivity index (χ3n) is 5.15. The molecular formula is C21H21FN2O2. The van der Waals surface area contributed by atoms with Gasteiger partial charge in [-0.1, -0.05) is 42.5 Å². The summed E-state index contributed by atoms with van der Waals surface area (Å²) in [5, 5.41) is 2.82. The zero-order chi connectivity index (χ0) is 18.1. The molecule has 1 fully saturated rings. The van der Waals surface area contributed by atoms with E-state index in [1.54, 1.807) is 23.1 Å². The lowest BCUT2D eigenvalue weighted by Gasteiger charge is -2.36. The number of nitrogens with one attached hydrogen (secondary N) is 1. The van der Waals surface area contributed by atoms with Crippen LogP contribution in [0.2, 0.25) is 0 Å². The predicted molar refractivity (Wildman–Crippen MR) is 95.6 cm³/mol. The van der Waals surface area contributed by atoms with Crippen LogP contribution in [0.3, 0.4) is 0 Å². The van der Waals surface area contributed by atoms with E-state index in [1.165, 1.54) is 6.07 Å². The standard InChI is InChI=1S/C21H21FN2O2/c22-18-8-4-2-6-16(18)13-23-20(25)19-17-7-3-1-5-14(17)11-12-24(19)21(26)15-9-10-15/h1-8,15,19H,9-13H2,(H,23,25)/t19-/m1/s1. The molecule has 1 N–H and O–H groups in total. The topological polar surface area (TPSA) is 49.4 Å². The highest BCUT2D eigenvalue weighted by Gasteiger charge is 2.41. The fourth-order valence-electron chi connectivity index (χ4n) is 3.57. The van der Waals surface area contributed by atoms with Gasteiger partial charge in [-0.05, 0) is 36.5 Å². The van der Waals surface area contributed by atoms with Crippen LogP contribution in [0.15, 0.2) is 48.5 Å². The maximum Gasteiger partial charge on any atom is 0.247 e. The van der Waals surface area contributed by atoms with E-state index >= 15 is 0 Å². The summed E-state index contributed by atoms with van der Waals surface area (Å²) < 4.78 is 13.8. The smallest absolute Gasteiger partial charge is 0.247 e. The number of benzene rings is 2. The molecule has 2 aromatic carbocycles. The number of halogens is 1. The fourth-order valence-corrected chi connectivity index (χ4v) is 3.57. The predicted octanol–water partition coefficient (Wildman–Crippen LogP) is 2.98. The van der Waals surface area contributed by atoms with E-state index in [0.717, 1.165) is 30.4 Å². The lowest BCUT2D eigenvalue weighted by molar-refractivity contribution is -0.142. The highest BCUT2D eigenvalue weighted by molar-refractivity contribution is 5.91. The first-order valence-corrected chi connectivity index (χ1v) is 9.04. The van der Waals surface area contributed by atoms with E-state index in [1.807, 2.05) is 24.3 Å². The molecule has 1 heterocycles. The minimum atomic E-state index is -0.639. The molecule has 1 aliphatic carbocycles. The van der Waals surface area contributed by atoms with Gasteiger partial charge in [-0.3, -0.25) is 9.59 Å². The van der Waals surface area contributed by atoms with Crippen LogP contribution in [-0.4, -0.2) is 23.3 Å². The van der Waals surface area contributed by atoms with Gasteiger partial charge < -0.3 is 10.2 Å². The second kappa shape index (κ2) is 6.90. The zero-order valence-corrected chi connectivity index (χ0v) is 14.5. The Hall–Kier alpha value is -2.69. The van der Waals surface area contributed by atoms with Gasteiger partial charge in [-0.2, -0.15) is 0 Å². The van der Waals surface area contributed by atoms with Crippen molar-refractivity contribution in [3.05, 3.63) is 71.0 Å². The molecular weight excluding hydrogens is 331 g/mol. The zero-order valence-electron chi connectivity index (χ0n) is 14.5. The summed E-state index contributed by atoms with van der Waals surface area (Å²) in [6, 6.07) is 13.5. The molecule has 1 saturated carbocycles. The second-order valence-electron chi connectivity index (χ2n) is 6.97. The van der Waals surface area contributed by atoms with Gasteiger partial charge in [0.15, 0.2) is 0 Å². The van der Waals surface area contributed by atoms with Gasteiger partial charge in [-0.25, -0.2) is 4.39 Å². The van der Waals surface area contributed by atoms with E-state index in [4.69, 9.17) is 0 Å². The minimum Gasteiger partial charge on any atom is -0.350 e. The average molecular weight is 352 g/mol. The Labute approximate surface area is 152 Å². The second-order valence-corrected chi connectivity index (χ2v) is 6.97. The highest BCUT2D eigenvalue weighted by Crippen LogP contribution is 2.37. The van der Waals surface area contributed by atoms with E-state index in [-0.39, 0.29) is 30.1 Å². The summed E-state index contributed by atoms with van der Waals surface area (Å²) in [6.07, 6.45) is 2.56. The molecule has 4 rings (SSSR count). The molecule has 2 aliphatic rings. The van der Waals surface area contributed by atoms with E-state index in [0.29, 0.717) is 12.1 Å². The van der Waals surface area contributed by atoms with Gasteiger partial charge in [0, 0.05) is 24.6 Å². The molecule has 0 bridgehead atoms. The van der Waals surface area contributed by atoms with Crippen LogP contribution in [-0.2, 0) is 22.6 Å². The van der Waals surface area contributed by atoms with Crippen molar-refractivity contribution in [2.45, 2.75) is 31.8 Å². The highest BCUT2D eigenvalue weighted by atomic mass is 19.1. The molecule has 1 atom stereocenters. The quantitative estimate of drug-likeness (QED) is 0.920. The fraction of sp³-hybridized carbons (Fsp3) is 0.333. The number of fused-ring (bicyclic) bond motifs is 1. The van der Waals surface area contributed by atoms with Crippen molar-refractivity contribution >= 4 is 11.8 Å². The molecule has 4 nitrogen and oxygen atoms in total. The van der Waals surface area contributed by atoms with Crippen molar-refractivity contribution in [2.75, 3.05) is 6.54 Å². The molecule has 0 saturated heterocycles. The summed E-state index contributed by atoms with van der Waals surface area (Å²) in [7, 11) is 0. The van der Waals surface area contributed by atoms with Gasteiger partial charge in [0.25, 0.3) is 0 Å². The molecule has 5 heteroatoms. The Kier molecular flexibility index (Phi) is 4.45. The summed E-state index contributed by atoms with van der Waals surface area (Å²) >= 11 is 0. The van der Waals surface area contributed by atoms with Crippen LogP contribution >= 0.6 is 0 Å². The maximum absolute atomic E-state index is 13.8. The molecule has 0 unspecified atom stereocenters. The molecule has 26 heavy (non-hydrogen) atoms. The summed E-state index contributed by atoms with van der Waals surface area (Å²) in [5.74, 6) is -0.482. The monoisotopic (exact) mass is 352 g/mol. The number of nitrogens with zero attached hydrogens (tertiary/aromatic N) is 1. The summed E-state index contributed by atoms with van der Waals surface area (Å²) in [4.78, 5) is 27.4. The Morgan fingerprint density at radius 3 is 2.58 bits per heavy atom. The van der Waals surface area contributed by atoms with Crippen LogP contribution in [0, 0.1) is 11.7 Å². The maximum atomic E-state index is 13.8. The van der Waals surface area contributed by atoms with Crippen LogP contribution in [0.1, 0.15) is 35.6 Å². The normalized spacial score (nSPS) is 19.0. The first-order chi connectivity index (χ1) is 12.6. The largest absolute Gasteiger partial charge is 0.350 e. The number of hydrogen-bond acceptors (Lipinski definition) is 2. The van der Waals surface area contributed by atoms with Crippen molar-refractivity contribution in [3.63, 3.8) is 0 Å². The Bertz CT molecular complexity index is 847. The van der Waals surface area contributed by atoms with Crippen LogP contribution < -0.4 is 5.32 Å². The molecule has 1 aliphatic heterocycles. The number of amides is 2. The first kappa shape index (κ1) is 16.8. The first-order valence-electron chi connectivity index (χ1n) is 9.04. The van der Waals surface area contributed by atoms with Gasteiger partial charge in [0.1, 0.15) is 11.9 Å². The molecule has 2 amide bonds. The lowest BCUT2D eigenvalue weighted by Crippen LogP contribution is -2.47. The number of hydrogen-bond donors (Lipinski definition) is 1. The van der Waals surface area contributed by atoms with Crippen LogP contribution in [0.25, 0.3) is 0 Å². The van der Waals surface area contributed by atoms with Crippen molar-refractivity contribution in [2.24, 2.45) is 5.92 Å². The molecule has 0 spiro atoms. The molecule has 0 radical (unpaired) electrons. The lowest BCUT2D eigenvalue weighted by atomic mass is 9.91. The van der Waals surface area contributed by atoms with E-state index in [9.17, 15) is 14.0 Å². The molecule has 2 aromatic rings. The Balaban J connectivity index is 1.58. The molecule has 134 valence electrons. The number of carbonyl (C=O) groups is 2. The third kappa shape index (κ3) is 3.21. The Morgan fingerprint density at radius 2 is 1.81 bits per heavy atom. The number of carbonyl (C=O) groups excluding carboxylic acids is 2. The minimum absolute atomic E-state index is 0.0575. The third-order valence-corrected chi connectivity index (χ3v) is 5.15. The SMILES string of the molecule is O=C(NCc1ccccc1F)[C@H]1c2ccccc2CCN1C(=O)C1CC1. The van der Waals surface area contributed by atoms with Gasteiger partial charge in [0.2, 0.25) is 11.8 Å². The van der Waals surface area contributed by atoms with Crippen molar-refractivity contribution in [3.8, 4) is 0 Å². The van der Waals surface area contributed by atoms with Gasteiger partial charge in [0.05, 0.1) is 0 Å². The van der Waals surface area contributed by atoms with Crippen molar-refractivity contribution in [1.82, 2.24) is 10.2 Å². The average Bonchev–Trinajstić information content (AvgIpc) is 3.51. The summed E-state index contributed by atoms with van der Waals surface area (Å²) in [6.45, 7) is 0.653. The summed E-state index contributed by atoms with van der Waals surface area (Å²) in [5.41, 5.74) is 2.40. The number of rotatable bonds is 4. The van der Waals surface area contributed by atoms with Gasteiger partial charge >= 0.3 is 0 Å². The van der Waals surface area contributed by atoms with E-state index in [2.05, 4.69) is 5.32 Å². The van der Waals surface area contributed by atoms with E-state index < -0.39 is 6.04 Å². The van der Waals surface area contributed by atoms with Gasteiger partial charge in [-0.15, -0.1) is 0 Å². The Morgan fingerprint density at radius 1 is 1.08 bits per heavy atom. The van der Waals surface area contributed by atoms with Crippen molar-refractivity contribution < 1.29 is 14.0 Å². The van der Waals surface area contributed by atoms with Crippen LogP contribution in [0.5, 0.6) is 0 Å². The molecule has 0 aromatic heterocycles. The van der Waals surface area contributed by atoms with Crippen LogP contribution in [0.4, 0.5) is 4.39 Å².